The number of nitrogens with zero attached hydrogens (tertiary/aromatic N) is 1. The lowest BCUT2D eigenvalue weighted by Crippen LogP contribution is -2.34. The van der Waals surface area contributed by atoms with E-state index in [1.807, 2.05) is 0 Å². The number of halogens is 1. The number of rotatable bonds is 4. The van der Waals surface area contributed by atoms with Gasteiger partial charge in [-0.1, -0.05) is 18.0 Å². The molecule has 1 atom stereocenters. The number of anilines is 1. The molecule has 1 amide bonds. The molecule has 0 spiro atoms. The standard InChI is InChI=1S/C13H15ClN2O3/c1-8(19-13(18)9-3-2-4-9)12(17)16-11-6-5-10(14)7-15-11/h5-9H,2-4H2,1H3,(H,15,16,17)/t8-/m1/s1. The Balaban J connectivity index is 1.84. The van der Waals surface area contributed by atoms with Crippen molar-refractivity contribution < 1.29 is 14.3 Å². The zero-order valence-corrected chi connectivity index (χ0v) is 11.3. The summed E-state index contributed by atoms with van der Waals surface area (Å²) < 4.78 is 5.11. The highest BCUT2D eigenvalue weighted by Crippen LogP contribution is 2.27. The fraction of sp³-hybridized carbons (Fsp3) is 0.462. The molecule has 0 saturated heterocycles. The van der Waals surface area contributed by atoms with E-state index in [2.05, 4.69) is 10.3 Å². The Morgan fingerprint density at radius 3 is 2.74 bits per heavy atom. The average molecular weight is 283 g/mol. The first-order chi connectivity index (χ1) is 9.06. The number of esters is 1. The molecule has 102 valence electrons. The molecule has 1 aliphatic carbocycles. The molecule has 0 radical (unpaired) electrons. The lowest BCUT2D eigenvalue weighted by molar-refractivity contribution is -0.159. The molecular formula is C13H15ClN2O3. The van der Waals surface area contributed by atoms with Crippen molar-refractivity contribution in [2.45, 2.75) is 32.3 Å². The number of carbonyl (C=O) groups excluding carboxylic acids is 2. The van der Waals surface area contributed by atoms with Crippen molar-refractivity contribution in [1.29, 1.82) is 0 Å². The molecule has 5 nitrogen and oxygen atoms in total. The molecule has 1 N–H and O–H groups in total. The summed E-state index contributed by atoms with van der Waals surface area (Å²) >= 11 is 5.69. The van der Waals surface area contributed by atoms with Crippen LogP contribution in [0.5, 0.6) is 0 Å². The third-order valence-electron chi connectivity index (χ3n) is 3.08. The number of hydrogen-bond donors (Lipinski definition) is 1. The zero-order chi connectivity index (χ0) is 13.8. The van der Waals surface area contributed by atoms with Crippen LogP contribution in [0.15, 0.2) is 18.3 Å². The van der Waals surface area contributed by atoms with Crippen LogP contribution in [0.1, 0.15) is 26.2 Å². The SMILES string of the molecule is C[C@@H](OC(=O)C1CCC1)C(=O)Nc1ccc(Cl)cn1. The number of aromatic nitrogens is 1. The van der Waals surface area contributed by atoms with Crippen LogP contribution >= 0.6 is 11.6 Å². The van der Waals surface area contributed by atoms with E-state index in [0.717, 1.165) is 19.3 Å². The van der Waals surface area contributed by atoms with E-state index < -0.39 is 12.0 Å². The number of amides is 1. The zero-order valence-electron chi connectivity index (χ0n) is 10.6. The van der Waals surface area contributed by atoms with Gasteiger partial charge in [-0.05, 0) is 31.9 Å². The van der Waals surface area contributed by atoms with Crippen LogP contribution in [0, 0.1) is 5.92 Å². The highest BCUT2D eigenvalue weighted by molar-refractivity contribution is 6.30. The quantitative estimate of drug-likeness (QED) is 0.861. The summed E-state index contributed by atoms with van der Waals surface area (Å²) in [5.74, 6) is -0.356. The minimum Gasteiger partial charge on any atom is -0.452 e. The van der Waals surface area contributed by atoms with Gasteiger partial charge >= 0.3 is 5.97 Å². The summed E-state index contributed by atoms with van der Waals surface area (Å²) in [6.45, 7) is 1.54. The van der Waals surface area contributed by atoms with Crippen LogP contribution in [0.4, 0.5) is 5.82 Å². The summed E-state index contributed by atoms with van der Waals surface area (Å²) in [6.07, 6.45) is 3.36. The summed E-state index contributed by atoms with van der Waals surface area (Å²) in [7, 11) is 0. The largest absolute Gasteiger partial charge is 0.452 e. The van der Waals surface area contributed by atoms with Gasteiger partial charge < -0.3 is 10.1 Å². The van der Waals surface area contributed by atoms with Crippen LogP contribution < -0.4 is 5.32 Å². The Kier molecular flexibility index (Phi) is 4.37. The molecule has 0 aliphatic heterocycles. The number of nitrogens with one attached hydrogen (secondary N) is 1. The van der Waals surface area contributed by atoms with Gasteiger partial charge in [-0.25, -0.2) is 4.98 Å². The number of hydrogen-bond acceptors (Lipinski definition) is 4. The Morgan fingerprint density at radius 1 is 1.47 bits per heavy atom. The maximum Gasteiger partial charge on any atom is 0.309 e. The van der Waals surface area contributed by atoms with E-state index in [1.165, 1.54) is 6.20 Å². The number of ether oxygens (including phenoxy) is 1. The van der Waals surface area contributed by atoms with E-state index in [1.54, 1.807) is 19.1 Å². The fourth-order valence-electron chi connectivity index (χ4n) is 1.65. The van der Waals surface area contributed by atoms with E-state index in [-0.39, 0.29) is 11.9 Å². The molecular weight excluding hydrogens is 268 g/mol. The van der Waals surface area contributed by atoms with E-state index >= 15 is 0 Å². The van der Waals surface area contributed by atoms with Gasteiger partial charge in [0, 0.05) is 6.20 Å². The summed E-state index contributed by atoms with van der Waals surface area (Å²) in [4.78, 5) is 27.3. The van der Waals surface area contributed by atoms with E-state index in [9.17, 15) is 9.59 Å². The van der Waals surface area contributed by atoms with Crippen LogP contribution in [-0.2, 0) is 14.3 Å². The van der Waals surface area contributed by atoms with Crippen molar-refractivity contribution in [2.75, 3.05) is 5.32 Å². The monoisotopic (exact) mass is 282 g/mol. The number of pyridine rings is 1. The predicted molar refractivity (Wildman–Crippen MR) is 70.8 cm³/mol. The van der Waals surface area contributed by atoms with Gasteiger partial charge in [0.1, 0.15) is 5.82 Å². The Hall–Kier alpha value is -1.62. The second kappa shape index (κ2) is 6.02. The first-order valence-corrected chi connectivity index (χ1v) is 6.57. The minimum atomic E-state index is -0.828. The van der Waals surface area contributed by atoms with Gasteiger partial charge in [0.05, 0.1) is 10.9 Å². The first kappa shape index (κ1) is 13.8. The second-order valence-corrected chi connectivity index (χ2v) is 4.99. The van der Waals surface area contributed by atoms with Gasteiger partial charge in [-0.3, -0.25) is 9.59 Å². The maximum atomic E-state index is 11.8. The fourth-order valence-corrected chi connectivity index (χ4v) is 1.76. The molecule has 1 heterocycles. The van der Waals surface area contributed by atoms with Crippen LogP contribution in [0.3, 0.4) is 0 Å². The Bertz CT molecular complexity index is 471. The smallest absolute Gasteiger partial charge is 0.309 e. The van der Waals surface area contributed by atoms with Crippen molar-refractivity contribution in [3.63, 3.8) is 0 Å². The predicted octanol–water partition coefficient (Wildman–Crippen LogP) is 2.41. The summed E-state index contributed by atoms with van der Waals surface area (Å²) in [5, 5.41) is 3.05. The molecule has 2 rings (SSSR count). The van der Waals surface area contributed by atoms with Crippen molar-refractivity contribution in [2.24, 2.45) is 5.92 Å². The Labute approximate surface area is 116 Å². The third kappa shape index (κ3) is 3.67. The molecule has 0 unspecified atom stereocenters. The molecule has 0 aromatic carbocycles. The van der Waals surface area contributed by atoms with Gasteiger partial charge in [0.2, 0.25) is 0 Å². The van der Waals surface area contributed by atoms with Gasteiger partial charge in [-0.15, -0.1) is 0 Å². The maximum absolute atomic E-state index is 11.8. The lowest BCUT2D eigenvalue weighted by Gasteiger charge is -2.24. The first-order valence-electron chi connectivity index (χ1n) is 6.19. The molecule has 19 heavy (non-hydrogen) atoms. The van der Waals surface area contributed by atoms with E-state index in [0.29, 0.717) is 10.8 Å². The molecule has 1 saturated carbocycles. The lowest BCUT2D eigenvalue weighted by atomic mass is 9.86. The highest BCUT2D eigenvalue weighted by atomic mass is 35.5. The molecule has 1 aliphatic rings. The van der Waals surface area contributed by atoms with E-state index in [4.69, 9.17) is 16.3 Å². The Morgan fingerprint density at radius 2 is 2.21 bits per heavy atom. The van der Waals surface area contributed by atoms with Gasteiger partial charge in [-0.2, -0.15) is 0 Å². The normalized spacial score (nSPS) is 16.3. The molecule has 1 fully saturated rings. The van der Waals surface area contributed by atoms with Crippen LogP contribution in [0.2, 0.25) is 5.02 Å². The second-order valence-electron chi connectivity index (χ2n) is 4.56. The van der Waals surface area contributed by atoms with Crippen LogP contribution in [-0.4, -0.2) is 23.0 Å². The average Bonchev–Trinajstić information content (AvgIpc) is 2.29. The van der Waals surface area contributed by atoms with Crippen molar-refractivity contribution in [3.05, 3.63) is 23.4 Å². The minimum absolute atomic E-state index is 0.0380. The molecule has 0 bridgehead atoms. The highest BCUT2D eigenvalue weighted by Gasteiger charge is 2.29. The summed E-state index contributed by atoms with van der Waals surface area (Å²) in [5.41, 5.74) is 0. The molecule has 1 aromatic heterocycles. The molecule has 1 aromatic rings. The van der Waals surface area contributed by atoms with Crippen LogP contribution in [0.25, 0.3) is 0 Å². The number of carbonyl (C=O) groups is 2. The topological polar surface area (TPSA) is 68.3 Å². The van der Waals surface area contributed by atoms with Gasteiger partial charge in [0.15, 0.2) is 6.10 Å². The third-order valence-corrected chi connectivity index (χ3v) is 3.30. The van der Waals surface area contributed by atoms with Crippen molar-refractivity contribution >= 4 is 29.3 Å². The summed E-state index contributed by atoms with van der Waals surface area (Å²) in [6, 6.07) is 3.20. The van der Waals surface area contributed by atoms with Crippen molar-refractivity contribution in [1.82, 2.24) is 4.98 Å². The van der Waals surface area contributed by atoms with Crippen molar-refractivity contribution in [3.8, 4) is 0 Å². The molecule has 6 heteroatoms. The van der Waals surface area contributed by atoms with Gasteiger partial charge in [0.25, 0.3) is 5.91 Å².